The summed E-state index contributed by atoms with van der Waals surface area (Å²) in [6.45, 7) is 3.06. The maximum atomic E-state index is 10.1. The number of carboxylic acid groups (broad SMARTS) is 1. The molecular formula is C10H14O7. The zero-order valence-corrected chi connectivity index (χ0v) is 9.29. The van der Waals surface area contributed by atoms with Gasteiger partial charge < -0.3 is 19.7 Å². The van der Waals surface area contributed by atoms with Gasteiger partial charge in [0.25, 0.3) is 0 Å². The second kappa shape index (κ2) is 11.9. The number of carbonyl (C=O) groups is 3. The van der Waals surface area contributed by atoms with Gasteiger partial charge in [-0.1, -0.05) is 6.58 Å². The maximum Gasteiger partial charge on any atom is 0.330 e. The van der Waals surface area contributed by atoms with Crippen LogP contribution >= 0.6 is 0 Å². The van der Waals surface area contributed by atoms with Crippen LogP contribution in [0.2, 0.25) is 0 Å². The topological polar surface area (TPSA) is 110 Å². The Kier molecular flexibility index (Phi) is 12.1. The van der Waals surface area contributed by atoms with Crippen molar-refractivity contribution in [3.8, 4) is 0 Å². The molecule has 0 fully saturated rings. The molecule has 17 heavy (non-hydrogen) atoms. The summed E-state index contributed by atoms with van der Waals surface area (Å²) in [7, 11) is 1.18. The first-order valence-electron chi connectivity index (χ1n) is 4.36. The van der Waals surface area contributed by atoms with E-state index >= 15 is 0 Å². The van der Waals surface area contributed by atoms with Crippen molar-refractivity contribution in [2.75, 3.05) is 20.3 Å². The van der Waals surface area contributed by atoms with Crippen LogP contribution in [-0.2, 0) is 23.9 Å². The minimum absolute atomic E-state index is 0.0465. The number of hydrogen-bond acceptors (Lipinski definition) is 6. The fraction of sp³-hybridized carbons (Fsp3) is 0.300. The predicted molar refractivity (Wildman–Crippen MR) is 57.0 cm³/mol. The first-order valence-corrected chi connectivity index (χ1v) is 4.36. The normalized spacial score (nSPS) is 8.82. The Bertz CT molecular complexity index is 293. The monoisotopic (exact) mass is 246 g/mol. The first kappa shape index (κ1) is 17.3. The molecule has 7 heteroatoms. The molecule has 96 valence electrons. The van der Waals surface area contributed by atoms with E-state index in [2.05, 4.69) is 16.1 Å². The van der Waals surface area contributed by atoms with Crippen molar-refractivity contribution in [3.63, 3.8) is 0 Å². The second-order valence-corrected chi connectivity index (χ2v) is 2.29. The molecule has 0 radical (unpaired) electrons. The number of carbonyl (C=O) groups excluding carboxylic acids is 2. The summed E-state index contributed by atoms with van der Waals surface area (Å²) in [6.07, 6.45) is 2.60. The number of aliphatic hydroxyl groups excluding tert-OH is 1. The van der Waals surface area contributed by atoms with Crippen molar-refractivity contribution in [1.29, 1.82) is 0 Å². The standard InChI is InChI=1S/C5H6O4.C5H8O3/c1-9-5(8)3-2-4(6)7;1-2-5(7)8-4-3-6/h2-3H,1H3,(H,6,7);2,6H,1,3-4H2/b3-2-;. The number of ether oxygens (including phenoxy) is 2. The molecule has 2 N–H and O–H groups in total. The van der Waals surface area contributed by atoms with E-state index < -0.39 is 17.9 Å². The molecule has 0 aliphatic carbocycles. The van der Waals surface area contributed by atoms with Gasteiger partial charge in [-0.3, -0.25) is 0 Å². The van der Waals surface area contributed by atoms with Gasteiger partial charge in [0.2, 0.25) is 0 Å². The highest BCUT2D eigenvalue weighted by molar-refractivity contribution is 5.90. The fourth-order valence-corrected chi connectivity index (χ4v) is 0.413. The highest BCUT2D eigenvalue weighted by Gasteiger charge is 1.91. The van der Waals surface area contributed by atoms with Crippen LogP contribution < -0.4 is 0 Å². The molecular weight excluding hydrogens is 232 g/mol. The number of rotatable bonds is 5. The van der Waals surface area contributed by atoms with Crippen LogP contribution in [0.25, 0.3) is 0 Å². The average Bonchev–Trinajstić information content (AvgIpc) is 2.33. The molecule has 0 aliphatic rings. The summed E-state index contributed by atoms with van der Waals surface area (Å²) in [4.78, 5) is 30.0. The van der Waals surface area contributed by atoms with Gasteiger partial charge in [-0.05, 0) is 0 Å². The Morgan fingerprint density at radius 1 is 1.24 bits per heavy atom. The molecule has 0 aromatic rings. The molecule has 0 heterocycles. The van der Waals surface area contributed by atoms with E-state index in [1.807, 2.05) is 0 Å². The molecule has 0 spiro atoms. The van der Waals surface area contributed by atoms with E-state index in [0.29, 0.717) is 6.08 Å². The SMILES string of the molecule is C=CC(=O)OCCO.COC(=O)/C=C\C(=O)O. The summed E-state index contributed by atoms with van der Waals surface area (Å²) in [5, 5.41) is 16.1. The van der Waals surface area contributed by atoms with Gasteiger partial charge in [-0.2, -0.15) is 0 Å². The van der Waals surface area contributed by atoms with Crippen LogP contribution in [0.5, 0.6) is 0 Å². The van der Waals surface area contributed by atoms with Crippen molar-refractivity contribution >= 4 is 17.9 Å². The van der Waals surface area contributed by atoms with E-state index in [9.17, 15) is 14.4 Å². The van der Waals surface area contributed by atoms with E-state index in [0.717, 1.165) is 12.2 Å². The van der Waals surface area contributed by atoms with Crippen LogP contribution in [0.3, 0.4) is 0 Å². The van der Waals surface area contributed by atoms with Crippen molar-refractivity contribution in [2.24, 2.45) is 0 Å². The molecule has 0 unspecified atom stereocenters. The number of hydrogen-bond donors (Lipinski definition) is 2. The molecule has 7 nitrogen and oxygen atoms in total. The third kappa shape index (κ3) is 16.5. The third-order valence-electron chi connectivity index (χ3n) is 1.07. The summed E-state index contributed by atoms with van der Waals surface area (Å²) in [5.74, 6) is -2.34. The van der Waals surface area contributed by atoms with Crippen LogP contribution in [0.15, 0.2) is 24.8 Å². The minimum atomic E-state index is -1.17. The van der Waals surface area contributed by atoms with Gasteiger partial charge in [0.05, 0.1) is 13.7 Å². The molecule has 0 rings (SSSR count). The van der Waals surface area contributed by atoms with Crippen molar-refractivity contribution in [1.82, 2.24) is 0 Å². The maximum absolute atomic E-state index is 10.1. The zero-order valence-electron chi connectivity index (χ0n) is 9.29. The van der Waals surface area contributed by atoms with E-state index in [1.165, 1.54) is 7.11 Å². The fourth-order valence-electron chi connectivity index (χ4n) is 0.413. The summed E-state index contributed by atoms with van der Waals surface area (Å²) in [5.41, 5.74) is 0. The van der Waals surface area contributed by atoms with Gasteiger partial charge in [0, 0.05) is 18.2 Å². The summed E-state index contributed by atoms with van der Waals surface area (Å²) >= 11 is 0. The van der Waals surface area contributed by atoms with E-state index in [-0.39, 0.29) is 13.2 Å². The van der Waals surface area contributed by atoms with Gasteiger partial charge in [-0.25, -0.2) is 14.4 Å². The number of aliphatic hydroxyl groups is 1. The lowest BCUT2D eigenvalue weighted by molar-refractivity contribution is -0.138. The van der Waals surface area contributed by atoms with Crippen molar-refractivity contribution in [2.45, 2.75) is 0 Å². The molecule has 0 aromatic heterocycles. The van der Waals surface area contributed by atoms with E-state index in [1.54, 1.807) is 0 Å². The summed E-state index contributed by atoms with van der Waals surface area (Å²) in [6, 6.07) is 0. The average molecular weight is 246 g/mol. The Labute approximate surface area is 98.0 Å². The Morgan fingerprint density at radius 2 is 1.82 bits per heavy atom. The van der Waals surface area contributed by atoms with Crippen LogP contribution in [0.1, 0.15) is 0 Å². The van der Waals surface area contributed by atoms with Gasteiger partial charge >= 0.3 is 17.9 Å². The lowest BCUT2D eigenvalue weighted by Gasteiger charge is -1.94. The largest absolute Gasteiger partial charge is 0.478 e. The summed E-state index contributed by atoms with van der Waals surface area (Å²) < 4.78 is 8.44. The van der Waals surface area contributed by atoms with Crippen molar-refractivity contribution < 1.29 is 34.1 Å². The first-order chi connectivity index (χ1) is 7.97. The smallest absolute Gasteiger partial charge is 0.330 e. The van der Waals surface area contributed by atoms with Crippen molar-refractivity contribution in [3.05, 3.63) is 24.8 Å². The zero-order chi connectivity index (χ0) is 13.7. The molecule has 0 aliphatic heterocycles. The quantitative estimate of drug-likeness (QED) is 0.497. The lowest BCUT2D eigenvalue weighted by atomic mass is 10.5. The Morgan fingerprint density at radius 3 is 2.18 bits per heavy atom. The highest BCUT2D eigenvalue weighted by Crippen LogP contribution is 1.76. The Hall–Kier alpha value is -2.15. The van der Waals surface area contributed by atoms with Crippen LogP contribution in [0, 0.1) is 0 Å². The van der Waals surface area contributed by atoms with E-state index in [4.69, 9.17) is 10.2 Å². The van der Waals surface area contributed by atoms with Gasteiger partial charge in [0.1, 0.15) is 6.61 Å². The lowest BCUT2D eigenvalue weighted by Crippen LogP contribution is -2.04. The van der Waals surface area contributed by atoms with Gasteiger partial charge in [0.15, 0.2) is 0 Å². The van der Waals surface area contributed by atoms with Crippen LogP contribution in [-0.4, -0.2) is 48.4 Å². The van der Waals surface area contributed by atoms with Gasteiger partial charge in [-0.15, -0.1) is 0 Å². The molecule has 0 saturated heterocycles. The highest BCUT2D eigenvalue weighted by atomic mass is 16.5. The third-order valence-corrected chi connectivity index (χ3v) is 1.07. The molecule has 0 aromatic carbocycles. The van der Waals surface area contributed by atoms with Crippen LogP contribution in [0.4, 0.5) is 0 Å². The Balaban J connectivity index is 0. The molecule has 0 saturated carbocycles. The number of methoxy groups -OCH3 is 1. The second-order valence-electron chi connectivity index (χ2n) is 2.29. The number of carboxylic acids is 1. The predicted octanol–water partition coefficient (Wildman–Crippen LogP) is -0.492. The minimum Gasteiger partial charge on any atom is -0.478 e. The molecule has 0 bridgehead atoms. The number of esters is 2. The molecule has 0 amide bonds. The molecule has 0 atom stereocenters. The number of aliphatic carboxylic acids is 1.